The third kappa shape index (κ3) is 4.36. The fourth-order valence-electron chi connectivity index (χ4n) is 1.88. The first-order valence-corrected chi connectivity index (χ1v) is 5.17. The molecule has 1 heterocycles. The summed E-state index contributed by atoms with van der Waals surface area (Å²) in [5.41, 5.74) is 5.83. The maximum atomic E-state index is 11.5. The average molecular weight is 237 g/mol. The highest BCUT2D eigenvalue weighted by Crippen LogP contribution is 2.18. The van der Waals surface area contributed by atoms with Gasteiger partial charge in [0.25, 0.3) is 0 Å². The van der Waals surface area contributed by atoms with E-state index in [0.717, 1.165) is 25.9 Å². The van der Waals surface area contributed by atoms with Crippen molar-refractivity contribution in [3.8, 4) is 0 Å². The molecule has 15 heavy (non-hydrogen) atoms. The topological polar surface area (TPSA) is 55.6 Å². The van der Waals surface area contributed by atoms with Gasteiger partial charge in [-0.15, -0.1) is 12.4 Å². The Kier molecular flexibility index (Phi) is 6.89. The highest BCUT2D eigenvalue weighted by molar-refractivity contribution is 5.85. The molecule has 2 atom stereocenters. The van der Waals surface area contributed by atoms with Gasteiger partial charge in [0, 0.05) is 26.2 Å². The Hall–Kier alpha value is -0.320. The molecule has 1 fully saturated rings. The number of hydrogen-bond donors (Lipinski definition) is 1. The van der Waals surface area contributed by atoms with Crippen LogP contribution in [0.2, 0.25) is 0 Å². The smallest absolute Gasteiger partial charge is 0.248 e. The van der Waals surface area contributed by atoms with Crippen LogP contribution in [0.5, 0.6) is 0 Å². The van der Waals surface area contributed by atoms with Crippen LogP contribution in [0.1, 0.15) is 19.8 Å². The van der Waals surface area contributed by atoms with Gasteiger partial charge in [-0.3, -0.25) is 4.79 Å². The van der Waals surface area contributed by atoms with Gasteiger partial charge in [-0.2, -0.15) is 0 Å². The molecule has 0 aromatic carbocycles. The Labute approximate surface area is 97.5 Å². The lowest BCUT2D eigenvalue weighted by molar-refractivity contribution is -0.137. The quantitative estimate of drug-likeness (QED) is 0.783. The summed E-state index contributed by atoms with van der Waals surface area (Å²) in [6.07, 6.45) is 2.19. The summed E-state index contributed by atoms with van der Waals surface area (Å²) < 4.78 is 4.83. The van der Waals surface area contributed by atoms with Crippen molar-refractivity contribution >= 4 is 18.3 Å². The second-order valence-corrected chi connectivity index (χ2v) is 4.03. The van der Waals surface area contributed by atoms with Gasteiger partial charge in [0.1, 0.15) is 6.61 Å². The lowest BCUT2D eigenvalue weighted by atomic mass is 9.92. The first-order chi connectivity index (χ1) is 6.65. The third-order valence-electron chi connectivity index (χ3n) is 2.82. The van der Waals surface area contributed by atoms with E-state index in [1.54, 1.807) is 7.11 Å². The van der Waals surface area contributed by atoms with E-state index in [-0.39, 0.29) is 31.0 Å². The standard InChI is InChI=1S/C10H20N2O2.ClH/c1-8(11)9-4-3-5-12(6-9)10(13)7-14-2;/h8-9H,3-7,11H2,1-2H3;1H. The van der Waals surface area contributed by atoms with E-state index in [4.69, 9.17) is 10.5 Å². The number of halogens is 1. The summed E-state index contributed by atoms with van der Waals surface area (Å²) in [5, 5.41) is 0. The van der Waals surface area contributed by atoms with E-state index in [0.29, 0.717) is 5.92 Å². The van der Waals surface area contributed by atoms with Crippen molar-refractivity contribution in [2.75, 3.05) is 26.8 Å². The predicted molar refractivity (Wildman–Crippen MR) is 62.1 cm³/mol. The molecule has 1 saturated heterocycles. The Balaban J connectivity index is 0.00000196. The zero-order valence-electron chi connectivity index (χ0n) is 9.44. The van der Waals surface area contributed by atoms with Crippen LogP contribution in [0.25, 0.3) is 0 Å². The second kappa shape index (κ2) is 7.04. The minimum atomic E-state index is 0. The van der Waals surface area contributed by atoms with Crippen molar-refractivity contribution in [3.63, 3.8) is 0 Å². The van der Waals surface area contributed by atoms with Gasteiger partial charge >= 0.3 is 0 Å². The first-order valence-electron chi connectivity index (χ1n) is 5.17. The molecular weight excluding hydrogens is 216 g/mol. The van der Waals surface area contributed by atoms with E-state index < -0.39 is 0 Å². The predicted octanol–water partition coefficient (Wildman–Crippen LogP) is 0.640. The summed E-state index contributed by atoms with van der Waals surface area (Å²) in [7, 11) is 1.55. The van der Waals surface area contributed by atoms with Gasteiger partial charge in [0.2, 0.25) is 5.91 Å². The number of nitrogens with two attached hydrogens (primary N) is 1. The molecule has 0 spiro atoms. The zero-order chi connectivity index (χ0) is 10.6. The molecule has 2 unspecified atom stereocenters. The Bertz CT molecular complexity index is 200. The molecule has 1 rings (SSSR count). The highest BCUT2D eigenvalue weighted by Gasteiger charge is 2.25. The number of carbonyl (C=O) groups excluding carboxylic acids is 1. The molecule has 1 amide bonds. The number of methoxy groups -OCH3 is 1. The molecule has 5 heteroatoms. The number of nitrogens with zero attached hydrogens (tertiary/aromatic N) is 1. The summed E-state index contributed by atoms with van der Waals surface area (Å²) in [5.74, 6) is 0.530. The number of rotatable bonds is 3. The lowest BCUT2D eigenvalue weighted by Gasteiger charge is -2.34. The second-order valence-electron chi connectivity index (χ2n) is 4.03. The number of amides is 1. The molecule has 0 aromatic heterocycles. The highest BCUT2D eigenvalue weighted by atomic mass is 35.5. The minimum absolute atomic E-state index is 0. The third-order valence-corrected chi connectivity index (χ3v) is 2.82. The van der Waals surface area contributed by atoms with E-state index in [9.17, 15) is 4.79 Å². The molecule has 2 N–H and O–H groups in total. The number of hydrogen-bond acceptors (Lipinski definition) is 3. The van der Waals surface area contributed by atoms with Gasteiger partial charge in [-0.1, -0.05) is 0 Å². The summed E-state index contributed by atoms with van der Waals surface area (Å²) >= 11 is 0. The maximum absolute atomic E-state index is 11.5. The zero-order valence-corrected chi connectivity index (χ0v) is 10.3. The van der Waals surface area contributed by atoms with Gasteiger partial charge in [-0.05, 0) is 25.7 Å². The van der Waals surface area contributed by atoms with Crippen molar-refractivity contribution in [1.29, 1.82) is 0 Å². The molecule has 1 aliphatic rings. The number of likely N-dealkylation sites (tertiary alicyclic amines) is 1. The van der Waals surface area contributed by atoms with Gasteiger partial charge in [0.15, 0.2) is 0 Å². The Morgan fingerprint density at radius 3 is 2.87 bits per heavy atom. The van der Waals surface area contributed by atoms with Crippen LogP contribution in [-0.2, 0) is 9.53 Å². The monoisotopic (exact) mass is 236 g/mol. The van der Waals surface area contributed by atoms with Crippen molar-refractivity contribution in [2.45, 2.75) is 25.8 Å². The van der Waals surface area contributed by atoms with Gasteiger partial charge < -0.3 is 15.4 Å². The van der Waals surface area contributed by atoms with Crippen molar-refractivity contribution in [3.05, 3.63) is 0 Å². The molecule has 0 bridgehead atoms. The lowest BCUT2D eigenvalue weighted by Crippen LogP contribution is -2.46. The number of piperidine rings is 1. The molecule has 0 radical (unpaired) electrons. The maximum Gasteiger partial charge on any atom is 0.248 e. The summed E-state index contributed by atoms with van der Waals surface area (Å²) in [6.45, 7) is 3.84. The molecule has 1 aliphatic heterocycles. The van der Waals surface area contributed by atoms with Crippen LogP contribution >= 0.6 is 12.4 Å². The number of ether oxygens (including phenoxy) is 1. The van der Waals surface area contributed by atoms with Gasteiger partial charge in [0.05, 0.1) is 0 Å². The van der Waals surface area contributed by atoms with E-state index in [1.165, 1.54) is 0 Å². The van der Waals surface area contributed by atoms with Crippen LogP contribution in [0.3, 0.4) is 0 Å². The fraction of sp³-hybridized carbons (Fsp3) is 0.900. The normalized spacial score (nSPS) is 23.1. The minimum Gasteiger partial charge on any atom is -0.375 e. The molecule has 90 valence electrons. The largest absolute Gasteiger partial charge is 0.375 e. The average Bonchev–Trinajstić information content (AvgIpc) is 2.18. The molecule has 0 aliphatic carbocycles. The SMILES string of the molecule is COCC(=O)N1CCCC(C(C)N)C1.Cl. The van der Waals surface area contributed by atoms with E-state index >= 15 is 0 Å². The van der Waals surface area contributed by atoms with Crippen LogP contribution in [-0.4, -0.2) is 43.7 Å². The van der Waals surface area contributed by atoms with Crippen molar-refractivity contribution in [1.82, 2.24) is 4.90 Å². The van der Waals surface area contributed by atoms with Crippen LogP contribution < -0.4 is 5.73 Å². The number of carbonyl (C=O) groups is 1. The Morgan fingerprint density at radius 2 is 2.33 bits per heavy atom. The van der Waals surface area contributed by atoms with Gasteiger partial charge in [-0.25, -0.2) is 0 Å². The van der Waals surface area contributed by atoms with Crippen molar-refractivity contribution < 1.29 is 9.53 Å². The molecular formula is C10H21ClN2O2. The van der Waals surface area contributed by atoms with Crippen molar-refractivity contribution in [2.24, 2.45) is 11.7 Å². The van der Waals surface area contributed by atoms with Crippen LogP contribution in [0.15, 0.2) is 0 Å². The van der Waals surface area contributed by atoms with Crippen LogP contribution in [0, 0.1) is 5.92 Å². The summed E-state index contributed by atoms with van der Waals surface area (Å²) in [6, 6.07) is 0.174. The Morgan fingerprint density at radius 1 is 1.67 bits per heavy atom. The van der Waals surface area contributed by atoms with E-state index in [2.05, 4.69) is 0 Å². The fourth-order valence-corrected chi connectivity index (χ4v) is 1.88. The first kappa shape index (κ1) is 14.7. The molecule has 0 saturated carbocycles. The summed E-state index contributed by atoms with van der Waals surface area (Å²) in [4.78, 5) is 13.4. The molecule has 4 nitrogen and oxygen atoms in total. The van der Waals surface area contributed by atoms with Crippen LogP contribution in [0.4, 0.5) is 0 Å². The van der Waals surface area contributed by atoms with E-state index in [1.807, 2.05) is 11.8 Å². The molecule has 0 aromatic rings.